The lowest BCUT2D eigenvalue weighted by Crippen LogP contribution is -2.74. The van der Waals surface area contributed by atoms with E-state index in [-0.39, 0.29) is 9.89 Å². The number of hydrogen-bond donors (Lipinski definition) is 0. The lowest BCUT2D eigenvalue weighted by molar-refractivity contribution is 1.18. The molecule has 0 spiro atoms. The molecule has 1 unspecified atom stereocenters. The second kappa shape index (κ2) is 14.7. The van der Waals surface area contributed by atoms with Gasteiger partial charge >= 0.3 is 0 Å². The van der Waals surface area contributed by atoms with Crippen LogP contribution in [0.25, 0.3) is 86.3 Å². The Kier molecular flexibility index (Phi) is 3.69. The van der Waals surface area contributed by atoms with Crippen molar-refractivity contribution in [2.24, 2.45) is 0 Å². The first-order valence-electron chi connectivity index (χ1n) is 36.7. The first kappa shape index (κ1) is 16.1. The zero-order valence-corrected chi connectivity index (χ0v) is 34.0. The standard InChI is InChI=1S/C60H40N2SSi/c1-4-20-41(21-5-1)42-22-18-28-46(38-42)64(44-24-6-2-7-25-44,45-26-8-3-9-27-45)47-29-19-23-43(39-47)61-53-34-14-12-32-50(53)52-40-56(60-58(59(52)61)51-33-13-17-37-57(51)63-60)62-54-35-15-10-30-48(54)49-31-11-16-36-55(49)62/h1-40H/i1D,2D,4D,5D,6D,7D,10D,11D,12D,13D,14D,15D,16D,17D,18D,19D,20D,21D,22D,23D,24D,25D,28D,29D,30D,31D,32D,33D,34D,35D,36D,37D,38D,39D,40D. The zero-order valence-electron chi connectivity index (χ0n) is 67.2. The Morgan fingerprint density at radius 2 is 0.922 bits per heavy atom. The number of hydrogen-bond acceptors (Lipinski definition) is 1. The van der Waals surface area contributed by atoms with Crippen LogP contribution in [0.4, 0.5) is 0 Å². The van der Waals surface area contributed by atoms with Gasteiger partial charge in [-0.25, -0.2) is 0 Å². The maximum atomic E-state index is 11.0. The Morgan fingerprint density at radius 3 is 1.62 bits per heavy atom. The van der Waals surface area contributed by atoms with Crippen LogP contribution in [0.5, 0.6) is 0 Å². The predicted octanol–water partition coefficient (Wildman–Crippen LogP) is 13.3. The van der Waals surface area contributed by atoms with E-state index >= 15 is 0 Å². The van der Waals surface area contributed by atoms with Gasteiger partial charge in [-0.1, -0.05) is 200 Å². The molecule has 0 N–H and O–H groups in total. The summed E-state index contributed by atoms with van der Waals surface area (Å²) in [6.07, 6.45) is 0. The van der Waals surface area contributed by atoms with Crippen molar-refractivity contribution in [2.45, 2.75) is 0 Å². The van der Waals surface area contributed by atoms with Gasteiger partial charge in [-0.3, -0.25) is 0 Å². The first-order chi connectivity index (χ1) is 46.3. The molecule has 0 saturated heterocycles. The van der Waals surface area contributed by atoms with E-state index in [4.69, 9.17) is 16.4 Å². The number of thiophene rings is 1. The Bertz CT molecular complexity index is 5870. The van der Waals surface area contributed by atoms with E-state index in [0.29, 0.717) is 11.3 Å². The van der Waals surface area contributed by atoms with Crippen molar-refractivity contribution in [3.63, 3.8) is 0 Å². The molecular formula is C60H40N2SSi. The van der Waals surface area contributed by atoms with Gasteiger partial charge in [0, 0.05) is 42.7 Å². The molecule has 13 aromatic rings. The number of benzene rings is 10. The third kappa shape index (κ3) is 5.43. The fourth-order valence-electron chi connectivity index (χ4n) is 8.37. The van der Waals surface area contributed by atoms with E-state index in [0.717, 1.165) is 9.13 Å². The van der Waals surface area contributed by atoms with Gasteiger partial charge in [0.25, 0.3) is 0 Å². The van der Waals surface area contributed by atoms with Crippen molar-refractivity contribution in [3.8, 4) is 22.5 Å². The Hall–Kier alpha value is -7.76. The molecule has 0 fully saturated rings. The van der Waals surface area contributed by atoms with E-state index in [1.807, 2.05) is 0 Å². The molecule has 3 heterocycles. The van der Waals surface area contributed by atoms with Crippen LogP contribution in [0.1, 0.15) is 48.0 Å². The van der Waals surface area contributed by atoms with Gasteiger partial charge in [0.15, 0.2) is 8.07 Å². The van der Waals surface area contributed by atoms with Gasteiger partial charge in [-0.15, -0.1) is 11.3 Å². The highest BCUT2D eigenvalue weighted by molar-refractivity contribution is 7.26. The molecule has 0 bridgehead atoms. The molecule has 64 heavy (non-hydrogen) atoms. The smallest absolute Gasteiger partial charge is 0.179 e. The third-order valence-corrected chi connectivity index (χ3v) is 16.2. The minimum Gasteiger partial charge on any atom is -0.309 e. The van der Waals surface area contributed by atoms with Crippen molar-refractivity contribution in [1.29, 1.82) is 0 Å². The predicted molar refractivity (Wildman–Crippen MR) is 277 cm³/mol. The number of aromatic nitrogens is 2. The summed E-state index contributed by atoms with van der Waals surface area (Å²) in [4.78, 5) is 0. The van der Waals surface area contributed by atoms with Crippen LogP contribution in [0, 0.1) is 0 Å². The number of fused-ring (bicyclic) bond motifs is 10. The maximum absolute atomic E-state index is 11.0. The molecule has 4 heteroatoms. The number of nitrogens with zero attached hydrogens (tertiary/aromatic N) is 2. The summed E-state index contributed by atoms with van der Waals surface area (Å²) < 4.78 is 331. The highest BCUT2D eigenvalue weighted by Gasteiger charge is 2.42. The van der Waals surface area contributed by atoms with Crippen molar-refractivity contribution in [1.82, 2.24) is 9.13 Å². The summed E-state index contributed by atoms with van der Waals surface area (Å²) in [6.45, 7) is 0. The van der Waals surface area contributed by atoms with E-state index in [9.17, 15) is 31.5 Å². The van der Waals surface area contributed by atoms with Crippen LogP contribution in [0.3, 0.4) is 0 Å². The summed E-state index contributed by atoms with van der Waals surface area (Å²) in [5.41, 5.74) is -6.23. The topological polar surface area (TPSA) is 9.86 Å². The number of rotatable bonds is 7. The van der Waals surface area contributed by atoms with Gasteiger partial charge in [-0.05, 0) is 74.2 Å². The average Bonchev–Trinajstić information content (AvgIpc) is 1.65. The van der Waals surface area contributed by atoms with Crippen LogP contribution < -0.4 is 20.7 Å². The van der Waals surface area contributed by atoms with Crippen LogP contribution in [-0.2, 0) is 0 Å². The van der Waals surface area contributed by atoms with E-state index < -0.39 is 317 Å². The molecule has 0 radical (unpaired) electrons. The van der Waals surface area contributed by atoms with Gasteiger partial charge in [-0.2, -0.15) is 0 Å². The lowest BCUT2D eigenvalue weighted by atomic mass is 10.1. The Labute approximate surface area is 425 Å². The second-order valence-corrected chi connectivity index (χ2v) is 18.7. The largest absolute Gasteiger partial charge is 0.309 e. The summed E-state index contributed by atoms with van der Waals surface area (Å²) in [7, 11) is -6.12. The maximum Gasteiger partial charge on any atom is 0.179 e. The minimum absolute atomic E-state index is 0.341. The SMILES string of the molecule is [2H]c1c([2H])c([2H])c(-c2c([2H])c([2H])c([2H])c([Si](c3ccccc3)(c3c([2H])c([2H])c([2H])c([2H])c3[2H])c3c([2H])c([2H])c([2H])c(-n4c5c([2H])c([2H])c([2H])c([2H])c5c5c([2H])c(-n6c7c([2H])c([2H])c([2H])c([2H])c7c7c([2H])c([2H])c([2H])c([2H])c76)c6sc7c([2H])c([2H])c([2H])c([2H])c7c6c54)c3[2H])c2[2H])c([2H])c1[2H]. The average molecular weight is 884 g/mol. The summed E-state index contributed by atoms with van der Waals surface area (Å²) >= 11 is 0.491. The van der Waals surface area contributed by atoms with Gasteiger partial charge < -0.3 is 9.13 Å². The quantitative estimate of drug-likeness (QED) is 0.111. The molecule has 3 aromatic heterocycles. The van der Waals surface area contributed by atoms with Crippen molar-refractivity contribution in [3.05, 3.63) is 242 Å². The molecule has 300 valence electrons. The van der Waals surface area contributed by atoms with Crippen LogP contribution in [0.15, 0.2) is 242 Å². The fourth-order valence-corrected chi connectivity index (χ4v) is 13.4. The summed E-state index contributed by atoms with van der Waals surface area (Å²) in [6, 6.07) is -29.3. The fraction of sp³-hybridized carbons (Fsp3) is 0. The number of para-hydroxylation sites is 3. The highest BCUT2D eigenvalue weighted by atomic mass is 32.1. The van der Waals surface area contributed by atoms with Gasteiger partial charge in [0.1, 0.15) is 0 Å². The van der Waals surface area contributed by atoms with E-state index in [1.165, 1.54) is 30.3 Å². The van der Waals surface area contributed by atoms with Crippen LogP contribution in [-0.4, -0.2) is 17.2 Å². The molecule has 0 amide bonds. The van der Waals surface area contributed by atoms with Crippen LogP contribution >= 0.6 is 11.3 Å². The monoisotopic (exact) mass is 883 g/mol. The van der Waals surface area contributed by atoms with Crippen molar-refractivity contribution < 1.29 is 48.0 Å². The summed E-state index contributed by atoms with van der Waals surface area (Å²) in [5.74, 6) is 0. The molecular weight excluding hydrogens is 809 g/mol. The Balaban J connectivity index is 1.37. The minimum atomic E-state index is -6.12. The van der Waals surface area contributed by atoms with Crippen molar-refractivity contribution in [2.75, 3.05) is 0 Å². The molecule has 0 aliphatic carbocycles. The first-order valence-corrected chi connectivity index (χ1v) is 22.0. The lowest BCUT2D eigenvalue weighted by Gasteiger charge is -2.35. The molecule has 0 saturated carbocycles. The highest BCUT2D eigenvalue weighted by Crippen LogP contribution is 2.47. The molecule has 1 atom stereocenters. The molecule has 13 rings (SSSR count). The van der Waals surface area contributed by atoms with E-state index in [1.54, 1.807) is 0 Å². The third-order valence-electron chi connectivity index (χ3n) is 10.9. The zero-order chi connectivity index (χ0) is 72.7. The molecule has 2 nitrogen and oxygen atoms in total. The molecule has 10 aromatic carbocycles. The normalized spacial score (nSPS) is 20.5. The Morgan fingerprint density at radius 1 is 0.391 bits per heavy atom. The van der Waals surface area contributed by atoms with Gasteiger partial charge in [0.2, 0.25) is 0 Å². The van der Waals surface area contributed by atoms with Crippen molar-refractivity contribution >= 4 is 104 Å². The van der Waals surface area contributed by atoms with Crippen LogP contribution in [0.2, 0.25) is 0 Å². The van der Waals surface area contributed by atoms with E-state index in [2.05, 4.69) is 0 Å². The molecule has 0 aliphatic rings. The second-order valence-electron chi connectivity index (χ2n) is 14.1. The summed E-state index contributed by atoms with van der Waals surface area (Å²) in [5, 5.41) is -6.69. The van der Waals surface area contributed by atoms with Gasteiger partial charge in [0.05, 0.1) is 80.4 Å². The molecule has 0 aliphatic heterocycles.